The smallest absolute Gasteiger partial charge is 1.00 e. The molecule has 1 amide bonds. The third kappa shape index (κ3) is 4.13. The minimum absolute atomic E-state index is 0. The average Bonchev–Trinajstić information content (AvgIpc) is 2.74. The summed E-state index contributed by atoms with van der Waals surface area (Å²) in [6, 6.07) is 26.5. The second-order valence-corrected chi connectivity index (χ2v) is 6.41. The number of hydrogen-bond acceptors (Lipinski definition) is 3. The van der Waals surface area contributed by atoms with Crippen LogP contribution in [0.1, 0.15) is 27.7 Å². The first-order chi connectivity index (χ1) is 13.6. The number of para-hydroxylation sites is 1. The summed E-state index contributed by atoms with van der Waals surface area (Å²) in [5.41, 5.74) is 1.55. The van der Waals surface area contributed by atoms with Crippen LogP contribution >= 0.6 is 0 Å². The molecule has 0 spiro atoms. The van der Waals surface area contributed by atoms with Crippen LogP contribution in [0.25, 0.3) is 10.8 Å². The van der Waals surface area contributed by atoms with Crippen LogP contribution in [-0.4, -0.2) is 16.8 Å². The van der Waals surface area contributed by atoms with E-state index in [1.807, 2.05) is 42.5 Å². The van der Waals surface area contributed by atoms with Gasteiger partial charge in [-0.15, -0.1) is 0 Å². The Morgan fingerprint density at radius 3 is 2.24 bits per heavy atom. The molecule has 0 aliphatic heterocycles. The Morgan fingerprint density at radius 2 is 1.45 bits per heavy atom. The molecule has 0 aromatic heterocycles. The number of amides is 1. The summed E-state index contributed by atoms with van der Waals surface area (Å²) in [7, 11) is 0. The third-order valence-corrected chi connectivity index (χ3v) is 4.57. The highest BCUT2D eigenvalue weighted by Crippen LogP contribution is 2.25. The number of nitrogens with one attached hydrogen (secondary N) is 1. The van der Waals surface area contributed by atoms with E-state index in [2.05, 4.69) is 5.32 Å². The lowest BCUT2D eigenvalue weighted by Gasteiger charge is -2.10. The second kappa shape index (κ2) is 8.59. The van der Waals surface area contributed by atoms with Crippen molar-refractivity contribution in [3.63, 3.8) is 0 Å². The first kappa shape index (κ1) is 20.1. The van der Waals surface area contributed by atoms with Crippen molar-refractivity contribution >= 4 is 28.2 Å². The van der Waals surface area contributed by atoms with Gasteiger partial charge in [0.05, 0.1) is 5.56 Å². The fourth-order valence-electron chi connectivity index (χ4n) is 3.16. The van der Waals surface area contributed by atoms with E-state index in [1.165, 1.54) is 18.2 Å². The summed E-state index contributed by atoms with van der Waals surface area (Å²) < 4.78 is 0. The van der Waals surface area contributed by atoms with E-state index in [0.29, 0.717) is 16.8 Å². The van der Waals surface area contributed by atoms with Gasteiger partial charge < -0.3 is 22.8 Å². The molecule has 4 aromatic rings. The van der Waals surface area contributed by atoms with E-state index in [4.69, 9.17) is 0 Å². The number of anilines is 1. The highest BCUT2D eigenvalue weighted by Gasteiger charge is 2.17. The third-order valence-electron chi connectivity index (χ3n) is 4.57. The standard InChI is InChI=1S/C24H17NO3.ClH/c26-22-14-13-17(15-21(22)24(28)25-18-9-2-1-3-10-18)23(27)20-12-6-8-16-7-4-5-11-19(16)20;/h1-15,26H,(H,25,28);1H. The number of hydrogen-bond donors (Lipinski definition) is 2. The highest BCUT2D eigenvalue weighted by molar-refractivity contribution is 6.17. The number of carbonyl (C=O) groups excluding carboxylic acids is 2. The van der Waals surface area contributed by atoms with Crippen LogP contribution < -0.4 is 17.7 Å². The number of phenolic OH excluding ortho intramolecular Hbond substituents is 1. The largest absolute Gasteiger partial charge is 1.00 e. The molecule has 4 nitrogen and oxygen atoms in total. The van der Waals surface area contributed by atoms with Gasteiger partial charge in [-0.2, -0.15) is 0 Å². The predicted octanol–water partition coefficient (Wildman–Crippen LogP) is 2.15. The molecule has 144 valence electrons. The lowest BCUT2D eigenvalue weighted by molar-refractivity contribution is -0.0000216. The Hall–Kier alpha value is -3.63. The number of rotatable bonds is 4. The fourth-order valence-corrected chi connectivity index (χ4v) is 3.16. The Bertz CT molecular complexity index is 1190. The van der Waals surface area contributed by atoms with Crippen molar-refractivity contribution in [1.82, 2.24) is 0 Å². The average molecular weight is 404 g/mol. The molecule has 2 N–H and O–H groups in total. The number of fused-ring (bicyclic) bond motifs is 1. The number of phenols is 1. The van der Waals surface area contributed by atoms with E-state index in [0.717, 1.165) is 10.8 Å². The zero-order valence-electron chi connectivity index (χ0n) is 16.3. The van der Waals surface area contributed by atoms with Gasteiger partial charge in [0, 0.05) is 16.8 Å². The van der Waals surface area contributed by atoms with Crippen molar-refractivity contribution < 1.29 is 28.5 Å². The number of benzene rings is 4. The normalized spacial score (nSPS) is 10.2. The topological polar surface area (TPSA) is 66.4 Å². The summed E-state index contributed by atoms with van der Waals surface area (Å²) in [6.07, 6.45) is 0. The molecule has 4 rings (SSSR count). The maximum Gasteiger partial charge on any atom is 1.00 e. The Morgan fingerprint density at radius 1 is 0.759 bits per heavy atom. The summed E-state index contributed by atoms with van der Waals surface area (Å²) in [5.74, 6) is -0.857. The molecule has 0 aliphatic rings. The molecule has 0 unspecified atom stereocenters. The van der Waals surface area contributed by atoms with E-state index in [9.17, 15) is 14.7 Å². The number of aromatic hydroxyl groups is 1. The Balaban J connectivity index is 0.00000160. The monoisotopic (exact) mass is 403 g/mol. The van der Waals surface area contributed by atoms with Crippen LogP contribution in [0, 0.1) is 0 Å². The molecular formula is C24H18ClNO3. The van der Waals surface area contributed by atoms with Crippen LogP contribution in [0.4, 0.5) is 5.69 Å². The van der Waals surface area contributed by atoms with Crippen LogP contribution in [-0.2, 0) is 0 Å². The van der Waals surface area contributed by atoms with Crippen molar-refractivity contribution in [3.05, 3.63) is 108 Å². The number of carbonyl (C=O) groups is 2. The van der Waals surface area contributed by atoms with E-state index in [-0.39, 0.29) is 30.9 Å². The van der Waals surface area contributed by atoms with Gasteiger partial charge in [0.1, 0.15) is 5.75 Å². The molecule has 0 saturated carbocycles. The zero-order valence-corrected chi connectivity index (χ0v) is 16.1. The van der Waals surface area contributed by atoms with Crippen molar-refractivity contribution in [2.45, 2.75) is 0 Å². The molecule has 0 heterocycles. The van der Waals surface area contributed by atoms with E-state index >= 15 is 0 Å². The Labute approximate surface area is 175 Å². The minimum Gasteiger partial charge on any atom is -1.00 e. The van der Waals surface area contributed by atoms with Gasteiger partial charge in [-0.3, -0.25) is 9.59 Å². The quantitative estimate of drug-likeness (QED) is 0.513. The molecule has 0 atom stereocenters. The van der Waals surface area contributed by atoms with Crippen molar-refractivity contribution in [2.24, 2.45) is 0 Å². The first-order valence-corrected chi connectivity index (χ1v) is 8.85. The summed E-state index contributed by atoms with van der Waals surface area (Å²) >= 11 is 0. The van der Waals surface area contributed by atoms with Gasteiger partial charge in [0.15, 0.2) is 5.78 Å². The second-order valence-electron chi connectivity index (χ2n) is 6.41. The molecule has 0 saturated heterocycles. The van der Waals surface area contributed by atoms with Gasteiger partial charge in [-0.25, -0.2) is 0 Å². The molecule has 0 radical (unpaired) electrons. The molecule has 0 fully saturated rings. The molecule has 0 bridgehead atoms. The minimum atomic E-state index is -0.476. The maximum atomic E-state index is 13.1. The zero-order chi connectivity index (χ0) is 19.5. The molecule has 0 aliphatic carbocycles. The molecular weight excluding hydrogens is 386 g/mol. The highest BCUT2D eigenvalue weighted by atomic mass is 35.5. The SMILES string of the molecule is O=C(Nc1ccccc1)c1cc(C(=O)c2cccc3ccccc23)ccc1O.[Cl-].[H+]. The summed E-state index contributed by atoms with van der Waals surface area (Å²) in [5, 5.41) is 14.7. The van der Waals surface area contributed by atoms with Crippen molar-refractivity contribution in [3.8, 4) is 5.75 Å². The maximum absolute atomic E-state index is 13.1. The number of ketones is 1. The van der Waals surface area contributed by atoms with Crippen LogP contribution in [0.2, 0.25) is 0 Å². The van der Waals surface area contributed by atoms with E-state index in [1.54, 1.807) is 30.3 Å². The van der Waals surface area contributed by atoms with Gasteiger partial charge in [-0.05, 0) is 41.1 Å². The molecule has 29 heavy (non-hydrogen) atoms. The van der Waals surface area contributed by atoms with Crippen molar-refractivity contribution in [1.29, 1.82) is 0 Å². The first-order valence-electron chi connectivity index (χ1n) is 8.85. The van der Waals surface area contributed by atoms with Gasteiger partial charge in [0.2, 0.25) is 0 Å². The summed E-state index contributed by atoms with van der Waals surface area (Å²) in [4.78, 5) is 25.7. The van der Waals surface area contributed by atoms with Crippen molar-refractivity contribution in [2.75, 3.05) is 5.32 Å². The predicted molar refractivity (Wildman–Crippen MR) is 111 cm³/mol. The summed E-state index contributed by atoms with van der Waals surface area (Å²) in [6.45, 7) is 0. The van der Waals surface area contributed by atoms with Gasteiger partial charge in [0.25, 0.3) is 5.91 Å². The van der Waals surface area contributed by atoms with Crippen LogP contribution in [0.15, 0.2) is 91.0 Å². The number of halogens is 1. The van der Waals surface area contributed by atoms with E-state index < -0.39 is 5.91 Å². The van der Waals surface area contributed by atoms with Crippen LogP contribution in [0.5, 0.6) is 5.75 Å². The van der Waals surface area contributed by atoms with Gasteiger partial charge in [-0.1, -0.05) is 60.7 Å². The van der Waals surface area contributed by atoms with Crippen LogP contribution in [0.3, 0.4) is 0 Å². The fraction of sp³-hybridized carbons (Fsp3) is 0. The lowest BCUT2D eigenvalue weighted by atomic mass is 9.96. The molecule has 5 heteroatoms. The van der Waals surface area contributed by atoms with Gasteiger partial charge >= 0.3 is 1.43 Å². The lowest BCUT2D eigenvalue weighted by Crippen LogP contribution is -3.00. The molecule has 4 aromatic carbocycles. The Kier molecular flexibility index (Phi) is 5.96.